The molecule has 0 aliphatic carbocycles. The maximum Gasteiger partial charge on any atom is 0.0243 e. The summed E-state index contributed by atoms with van der Waals surface area (Å²) < 4.78 is 0. The van der Waals surface area contributed by atoms with Gasteiger partial charge >= 0.3 is 0 Å². The molecule has 1 unspecified atom stereocenters. The molecule has 0 saturated carbocycles. The second-order valence-corrected chi connectivity index (χ2v) is 4.35. The normalized spacial score (nSPS) is 13.9. The number of nitrogens with zero attached hydrogens (tertiary/aromatic N) is 1. The van der Waals surface area contributed by atoms with Gasteiger partial charge in [-0.3, -0.25) is 4.90 Å². The molecule has 0 amide bonds. The quantitative estimate of drug-likeness (QED) is 0.647. The summed E-state index contributed by atoms with van der Waals surface area (Å²) in [5.41, 5.74) is 0. The maximum absolute atomic E-state index is 3.30. The van der Waals surface area contributed by atoms with E-state index in [4.69, 9.17) is 0 Å². The first-order valence-corrected chi connectivity index (χ1v) is 6.05. The Kier molecular flexibility index (Phi) is 8.20. The first-order chi connectivity index (χ1) is 6.67. The van der Waals surface area contributed by atoms with Gasteiger partial charge < -0.3 is 5.32 Å². The van der Waals surface area contributed by atoms with Gasteiger partial charge in [0.2, 0.25) is 0 Å². The average molecular weight is 200 g/mol. The molecule has 86 valence electrons. The molecule has 0 aliphatic rings. The number of likely N-dealkylation sites (N-methyl/N-ethyl adjacent to an activating group) is 2. The van der Waals surface area contributed by atoms with E-state index >= 15 is 0 Å². The molecular formula is C12H28N2. The highest BCUT2D eigenvalue weighted by Crippen LogP contribution is 2.10. The minimum atomic E-state index is 0.691. The Hall–Kier alpha value is -0.0800. The SMILES string of the molecule is CCCCN(CC)C(CNC)C(C)C. The zero-order valence-electron chi connectivity index (χ0n) is 10.6. The number of unbranched alkanes of at least 4 members (excludes halogenated alkanes) is 1. The van der Waals surface area contributed by atoms with Gasteiger partial charge in [0.15, 0.2) is 0 Å². The van der Waals surface area contributed by atoms with Crippen molar-refractivity contribution in [1.29, 1.82) is 0 Å². The Morgan fingerprint density at radius 2 is 1.86 bits per heavy atom. The lowest BCUT2D eigenvalue weighted by Crippen LogP contribution is -2.45. The van der Waals surface area contributed by atoms with E-state index in [9.17, 15) is 0 Å². The number of hydrogen-bond acceptors (Lipinski definition) is 2. The first-order valence-electron chi connectivity index (χ1n) is 6.05. The van der Waals surface area contributed by atoms with Crippen LogP contribution in [0.2, 0.25) is 0 Å². The van der Waals surface area contributed by atoms with Crippen LogP contribution in [0.1, 0.15) is 40.5 Å². The molecule has 0 saturated heterocycles. The van der Waals surface area contributed by atoms with Crippen LogP contribution >= 0.6 is 0 Å². The number of nitrogens with one attached hydrogen (secondary N) is 1. The highest BCUT2D eigenvalue weighted by Gasteiger charge is 2.18. The van der Waals surface area contributed by atoms with Crippen molar-refractivity contribution in [1.82, 2.24) is 10.2 Å². The number of rotatable bonds is 8. The van der Waals surface area contributed by atoms with Gasteiger partial charge in [0.1, 0.15) is 0 Å². The summed E-state index contributed by atoms with van der Waals surface area (Å²) in [7, 11) is 2.04. The van der Waals surface area contributed by atoms with Crippen LogP contribution in [0.4, 0.5) is 0 Å². The summed E-state index contributed by atoms with van der Waals surface area (Å²) in [6.45, 7) is 12.7. The molecule has 0 rings (SSSR count). The Morgan fingerprint density at radius 1 is 1.21 bits per heavy atom. The standard InChI is InChI=1S/C12H28N2/c1-6-8-9-14(7-2)12(10-13-5)11(3)4/h11-13H,6-10H2,1-5H3. The molecule has 0 heterocycles. The smallest absolute Gasteiger partial charge is 0.0243 e. The molecule has 0 aromatic carbocycles. The Labute approximate surface area is 90.1 Å². The lowest BCUT2D eigenvalue weighted by Gasteiger charge is -2.33. The summed E-state index contributed by atoms with van der Waals surface area (Å²) in [6.07, 6.45) is 2.61. The van der Waals surface area contributed by atoms with Gasteiger partial charge in [0.05, 0.1) is 0 Å². The molecule has 0 aromatic rings. The molecule has 14 heavy (non-hydrogen) atoms. The Morgan fingerprint density at radius 3 is 2.21 bits per heavy atom. The summed E-state index contributed by atoms with van der Waals surface area (Å²) in [4.78, 5) is 2.60. The van der Waals surface area contributed by atoms with Crippen LogP contribution in [0.3, 0.4) is 0 Å². The minimum Gasteiger partial charge on any atom is -0.318 e. The van der Waals surface area contributed by atoms with E-state index < -0.39 is 0 Å². The summed E-state index contributed by atoms with van der Waals surface area (Å²) in [5.74, 6) is 0.735. The van der Waals surface area contributed by atoms with Crippen molar-refractivity contribution in [2.75, 3.05) is 26.7 Å². The van der Waals surface area contributed by atoms with Gasteiger partial charge in [-0.05, 0) is 32.5 Å². The van der Waals surface area contributed by atoms with Crippen LogP contribution in [0.5, 0.6) is 0 Å². The van der Waals surface area contributed by atoms with Crippen molar-refractivity contribution in [3.63, 3.8) is 0 Å². The van der Waals surface area contributed by atoms with E-state index in [1.165, 1.54) is 25.9 Å². The van der Waals surface area contributed by atoms with Gasteiger partial charge in [0, 0.05) is 12.6 Å². The van der Waals surface area contributed by atoms with Crippen LogP contribution in [0.25, 0.3) is 0 Å². The van der Waals surface area contributed by atoms with Crippen molar-refractivity contribution in [3.05, 3.63) is 0 Å². The van der Waals surface area contributed by atoms with Crippen molar-refractivity contribution in [2.24, 2.45) is 5.92 Å². The van der Waals surface area contributed by atoms with E-state index in [-0.39, 0.29) is 0 Å². The van der Waals surface area contributed by atoms with Crippen LogP contribution < -0.4 is 5.32 Å². The highest BCUT2D eigenvalue weighted by atomic mass is 15.2. The third-order valence-electron chi connectivity index (χ3n) is 2.86. The summed E-state index contributed by atoms with van der Waals surface area (Å²) in [6, 6.07) is 0.691. The van der Waals surface area contributed by atoms with E-state index in [2.05, 4.69) is 37.9 Å². The van der Waals surface area contributed by atoms with Crippen molar-refractivity contribution >= 4 is 0 Å². The largest absolute Gasteiger partial charge is 0.318 e. The van der Waals surface area contributed by atoms with Gasteiger partial charge in [-0.1, -0.05) is 34.1 Å². The second-order valence-electron chi connectivity index (χ2n) is 4.35. The summed E-state index contributed by atoms with van der Waals surface area (Å²) >= 11 is 0. The second kappa shape index (κ2) is 8.25. The highest BCUT2D eigenvalue weighted by molar-refractivity contribution is 4.75. The molecular weight excluding hydrogens is 172 g/mol. The minimum absolute atomic E-state index is 0.691. The van der Waals surface area contributed by atoms with Gasteiger partial charge in [-0.2, -0.15) is 0 Å². The van der Waals surface area contributed by atoms with E-state index in [1.54, 1.807) is 0 Å². The fourth-order valence-electron chi connectivity index (χ4n) is 1.92. The maximum atomic E-state index is 3.30. The van der Waals surface area contributed by atoms with Crippen molar-refractivity contribution in [2.45, 2.75) is 46.6 Å². The Balaban J connectivity index is 4.11. The van der Waals surface area contributed by atoms with E-state index in [1.807, 2.05) is 7.05 Å². The third kappa shape index (κ3) is 4.97. The molecule has 2 nitrogen and oxygen atoms in total. The van der Waals surface area contributed by atoms with Crippen LogP contribution in [-0.4, -0.2) is 37.6 Å². The zero-order valence-corrected chi connectivity index (χ0v) is 10.6. The molecule has 0 aliphatic heterocycles. The Bertz CT molecular complexity index is 123. The predicted octanol–water partition coefficient (Wildman–Crippen LogP) is 2.35. The lowest BCUT2D eigenvalue weighted by atomic mass is 10.0. The van der Waals surface area contributed by atoms with Gasteiger partial charge in [0.25, 0.3) is 0 Å². The fourth-order valence-corrected chi connectivity index (χ4v) is 1.92. The molecule has 1 atom stereocenters. The van der Waals surface area contributed by atoms with Crippen LogP contribution in [-0.2, 0) is 0 Å². The van der Waals surface area contributed by atoms with E-state index in [0.717, 1.165) is 12.5 Å². The number of hydrogen-bond donors (Lipinski definition) is 1. The molecule has 2 heteroatoms. The molecule has 0 fully saturated rings. The first kappa shape index (κ1) is 13.9. The lowest BCUT2D eigenvalue weighted by molar-refractivity contribution is 0.159. The van der Waals surface area contributed by atoms with Gasteiger partial charge in [-0.25, -0.2) is 0 Å². The van der Waals surface area contributed by atoms with Crippen LogP contribution in [0, 0.1) is 5.92 Å². The molecule has 0 bridgehead atoms. The molecule has 0 aromatic heterocycles. The third-order valence-corrected chi connectivity index (χ3v) is 2.86. The van der Waals surface area contributed by atoms with Crippen molar-refractivity contribution < 1.29 is 0 Å². The fraction of sp³-hybridized carbons (Fsp3) is 1.00. The molecule has 1 N–H and O–H groups in total. The molecule has 0 spiro atoms. The topological polar surface area (TPSA) is 15.3 Å². The predicted molar refractivity (Wildman–Crippen MR) is 64.7 cm³/mol. The van der Waals surface area contributed by atoms with Crippen LogP contribution in [0.15, 0.2) is 0 Å². The molecule has 0 radical (unpaired) electrons. The zero-order chi connectivity index (χ0) is 11.0. The van der Waals surface area contributed by atoms with Gasteiger partial charge in [-0.15, -0.1) is 0 Å². The summed E-state index contributed by atoms with van der Waals surface area (Å²) in [5, 5.41) is 3.30. The van der Waals surface area contributed by atoms with Crippen molar-refractivity contribution in [3.8, 4) is 0 Å². The average Bonchev–Trinajstić information content (AvgIpc) is 2.17. The van der Waals surface area contributed by atoms with E-state index in [0.29, 0.717) is 6.04 Å². The monoisotopic (exact) mass is 200 g/mol.